The van der Waals surface area contributed by atoms with Gasteiger partial charge in [0.05, 0.1) is 5.71 Å². The van der Waals surface area contributed by atoms with Gasteiger partial charge in [0, 0.05) is 0 Å². The van der Waals surface area contributed by atoms with Crippen LogP contribution in [0.4, 0.5) is 0 Å². The monoisotopic (exact) mass is 322 g/mol. The number of ether oxygens (including phenoxy) is 2. The van der Waals surface area contributed by atoms with Gasteiger partial charge in [0.2, 0.25) is 6.10 Å². The molecule has 1 amide bonds. The lowest BCUT2D eigenvalue weighted by Crippen LogP contribution is -2.42. The predicted octanol–water partition coefficient (Wildman–Crippen LogP) is 3.03. The number of hydrazone groups is 1. The van der Waals surface area contributed by atoms with Crippen molar-refractivity contribution in [1.82, 2.24) is 5.43 Å². The lowest BCUT2D eigenvalue weighted by atomic mass is 10.2. The van der Waals surface area contributed by atoms with Crippen molar-refractivity contribution in [2.24, 2.45) is 5.10 Å². The van der Waals surface area contributed by atoms with Gasteiger partial charge in [0.25, 0.3) is 5.91 Å². The molecule has 0 saturated heterocycles. The molecular weight excluding hydrogens is 304 g/mol. The van der Waals surface area contributed by atoms with Crippen LogP contribution >= 0.6 is 0 Å². The Morgan fingerprint density at radius 1 is 1.12 bits per heavy atom. The topological polar surface area (TPSA) is 59.9 Å². The highest BCUT2D eigenvalue weighted by atomic mass is 16.6. The number of allylic oxidation sites excluding steroid dienone is 1. The van der Waals surface area contributed by atoms with Crippen molar-refractivity contribution >= 4 is 17.7 Å². The molecule has 1 aliphatic rings. The summed E-state index contributed by atoms with van der Waals surface area (Å²) >= 11 is 0. The van der Waals surface area contributed by atoms with E-state index in [0.29, 0.717) is 17.2 Å². The molecule has 1 N–H and O–H groups in total. The summed E-state index contributed by atoms with van der Waals surface area (Å²) in [6, 6.07) is 17.1. The summed E-state index contributed by atoms with van der Waals surface area (Å²) in [5, 5.41) is 4.07. The van der Waals surface area contributed by atoms with E-state index in [1.807, 2.05) is 61.5 Å². The molecule has 24 heavy (non-hydrogen) atoms. The fraction of sp³-hybridized carbons (Fsp3) is 0.158. The number of nitrogens with zero attached hydrogens (tertiary/aromatic N) is 1. The van der Waals surface area contributed by atoms with Gasteiger partial charge in [-0.1, -0.05) is 48.5 Å². The van der Waals surface area contributed by atoms with Crippen LogP contribution in [0.15, 0.2) is 65.8 Å². The molecule has 1 atom stereocenters. The number of rotatable bonds is 4. The van der Waals surface area contributed by atoms with Crippen LogP contribution in [0.2, 0.25) is 0 Å². The highest BCUT2D eigenvalue weighted by Gasteiger charge is 2.26. The minimum absolute atomic E-state index is 0.164. The van der Waals surface area contributed by atoms with Gasteiger partial charge in [-0.25, -0.2) is 5.43 Å². The van der Waals surface area contributed by atoms with E-state index in [-0.39, 0.29) is 12.5 Å². The van der Waals surface area contributed by atoms with Crippen LogP contribution in [0.1, 0.15) is 12.5 Å². The molecule has 1 aliphatic heterocycles. The van der Waals surface area contributed by atoms with Gasteiger partial charge >= 0.3 is 0 Å². The zero-order chi connectivity index (χ0) is 16.8. The molecule has 0 aliphatic carbocycles. The number of nitrogens with one attached hydrogen (secondary N) is 1. The lowest BCUT2D eigenvalue weighted by molar-refractivity contribution is -0.130. The summed E-state index contributed by atoms with van der Waals surface area (Å²) in [7, 11) is 0. The Morgan fingerprint density at radius 2 is 1.83 bits per heavy atom. The number of amides is 1. The van der Waals surface area contributed by atoms with E-state index in [0.717, 1.165) is 5.56 Å². The highest BCUT2D eigenvalue weighted by Crippen LogP contribution is 2.30. The van der Waals surface area contributed by atoms with Crippen LogP contribution in [0, 0.1) is 0 Å². The second kappa shape index (κ2) is 7.46. The summed E-state index contributed by atoms with van der Waals surface area (Å²) in [5.74, 6) is 0.873. The summed E-state index contributed by atoms with van der Waals surface area (Å²) in [6.07, 6.45) is 3.06. The van der Waals surface area contributed by atoms with Crippen LogP contribution in [-0.4, -0.2) is 24.3 Å². The van der Waals surface area contributed by atoms with E-state index < -0.39 is 6.10 Å². The van der Waals surface area contributed by atoms with E-state index in [1.165, 1.54) is 0 Å². The van der Waals surface area contributed by atoms with E-state index >= 15 is 0 Å². The van der Waals surface area contributed by atoms with Crippen molar-refractivity contribution in [3.05, 3.63) is 66.2 Å². The first-order valence-corrected chi connectivity index (χ1v) is 7.68. The number of hydrogen-bond donors (Lipinski definition) is 1. The molecule has 0 radical (unpaired) electrons. The Hall–Kier alpha value is -3.08. The third-order valence-electron chi connectivity index (χ3n) is 3.46. The Bertz CT molecular complexity index is 769. The molecular formula is C19H18N2O3. The molecule has 2 aromatic carbocycles. The van der Waals surface area contributed by atoms with Crippen molar-refractivity contribution in [2.45, 2.75) is 13.0 Å². The van der Waals surface area contributed by atoms with E-state index in [4.69, 9.17) is 9.47 Å². The lowest BCUT2D eigenvalue weighted by Gasteiger charge is -2.24. The van der Waals surface area contributed by atoms with Crippen LogP contribution in [0.25, 0.3) is 6.08 Å². The third kappa shape index (κ3) is 4.01. The Balaban J connectivity index is 1.56. The first-order valence-electron chi connectivity index (χ1n) is 7.68. The van der Waals surface area contributed by atoms with Crippen LogP contribution in [0.5, 0.6) is 11.5 Å². The number of fused-ring (bicyclic) bond motifs is 1. The average Bonchev–Trinajstić information content (AvgIpc) is 2.65. The van der Waals surface area contributed by atoms with Crippen LogP contribution in [0.3, 0.4) is 0 Å². The Labute approximate surface area is 140 Å². The van der Waals surface area contributed by atoms with Crippen LogP contribution < -0.4 is 14.9 Å². The zero-order valence-electron chi connectivity index (χ0n) is 13.3. The smallest absolute Gasteiger partial charge is 0.284 e. The van der Waals surface area contributed by atoms with Gasteiger partial charge in [-0.15, -0.1) is 0 Å². The fourth-order valence-electron chi connectivity index (χ4n) is 2.18. The summed E-state index contributed by atoms with van der Waals surface area (Å²) in [5.41, 5.74) is 4.27. The molecule has 5 nitrogen and oxygen atoms in total. The van der Waals surface area contributed by atoms with Crippen LogP contribution in [-0.2, 0) is 4.79 Å². The molecule has 1 heterocycles. The van der Waals surface area contributed by atoms with Gasteiger partial charge in [0.15, 0.2) is 11.5 Å². The molecule has 5 heteroatoms. The first-order chi connectivity index (χ1) is 11.7. The molecule has 0 aromatic heterocycles. The van der Waals surface area contributed by atoms with E-state index in [2.05, 4.69) is 10.5 Å². The maximum Gasteiger partial charge on any atom is 0.284 e. The SMILES string of the molecule is CC(/C=C/c1ccccc1)=N/NC(=O)[C@@H]1COc2ccccc2O1. The maximum atomic E-state index is 12.1. The van der Waals surface area contributed by atoms with Gasteiger partial charge in [-0.3, -0.25) is 4.79 Å². The van der Waals surface area contributed by atoms with Gasteiger partial charge in [-0.05, 0) is 30.7 Å². The zero-order valence-corrected chi connectivity index (χ0v) is 13.3. The predicted molar refractivity (Wildman–Crippen MR) is 93.1 cm³/mol. The van der Waals surface area contributed by atoms with Crippen molar-refractivity contribution in [1.29, 1.82) is 0 Å². The summed E-state index contributed by atoms with van der Waals surface area (Å²) < 4.78 is 11.2. The van der Waals surface area contributed by atoms with Gasteiger partial charge in [0.1, 0.15) is 6.61 Å². The quantitative estimate of drug-likeness (QED) is 0.695. The van der Waals surface area contributed by atoms with Crippen molar-refractivity contribution in [3.8, 4) is 11.5 Å². The van der Waals surface area contributed by atoms with Crippen molar-refractivity contribution in [3.63, 3.8) is 0 Å². The number of carbonyl (C=O) groups excluding carboxylic acids is 1. The van der Waals surface area contributed by atoms with Crippen molar-refractivity contribution in [2.75, 3.05) is 6.61 Å². The number of hydrogen-bond acceptors (Lipinski definition) is 4. The molecule has 0 spiro atoms. The highest BCUT2D eigenvalue weighted by molar-refractivity contribution is 5.97. The molecule has 0 bridgehead atoms. The first kappa shape index (κ1) is 15.8. The number of para-hydroxylation sites is 2. The maximum absolute atomic E-state index is 12.1. The Morgan fingerprint density at radius 3 is 2.62 bits per heavy atom. The standard InChI is InChI=1S/C19H18N2O3/c1-14(11-12-15-7-3-2-4-8-15)20-21-19(22)18-13-23-16-9-5-6-10-17(16)24-18/h2-12,18H,13H2,1H3,(H,21,22)/b12-11+,20-14-/t18-/m0/s1. The fourth-order valence-corrected chi connectivity index (χ4v) is 2.18. The van der Waals surface area contributed by atoms with E-state index in [9.17, 15) is 4.79 Å². The second-order valence-electron chi connectivity index (χ2n) is 5.34. The molecule has 2 aromatic rings. The summed E-state index contributed by atoms with van der Waals surface area (Å²) in [4.78, 5) is 12.1. The average molecular weight is 322 g/mol. The van der Waals surface area contributed by atoms with Gasteiger partial charge < -0.3 is 9.47 Å². The Kier molecular flexibility index (Phi) is 4.91. The molecule has 0 fully saturated rings. The third-order valence-corrected chi connectivity index (χ3v) is 3.46. The largest absolute Gasteiger partial charge is 0.485 e. The molecule has 0 saturated carbocycles. The number of benzene rings is 2. The minimum atomic E-state index is -0.713. The van der Waals surface area contributed by atoms with Crippen molar-refractivity contribution < 1.29 is 14.3 Å². The minimum Gasteiger partial charge on any atom is -0.485 e. The molecule has 3 rings (SSSR count). The second-order valence-corrected chi connectivity index (χ2v) is 5.34. The molecule has 122 valence electrons. The molecule has 0 unspecified atom stereocenters. The van der Waals surface area contributed by atoms with Gasteiger partial charge in [-0.2, -0.15) is 5.10 Å². The normalized spacial score (nSPS) is 16.9. The summed E-state index contributed by atoms with van der Waals surface area (Å²) in [6.45, 7) is 1.98. The van der Waals surface area contributed by atoms with E-state index in [1.54, 1.807) is 12.1 Å². The number of carbonyl (C=O) groups is 1.